The highest BCUT2D eigenvalue weighted by Crippen LogP contribution is 2.20. The number of aryl methyl sites for hydroxylation is 1. The Morgan fingerprint density at radius 3 is 2.50 bits per heavy atom. The molecule has 0 unspecified atom stereocenters. The van der Waals surface area contributed by atoms with Crippen LogP contribution < -0.4 is 15.8 Å². The maximum absolute atomic E-state index is 12.1. The Morgan fingerprint density at radius 2 is 2.05 bits per heavy atom. The number of carbonyl (C=O) groups excluding carboxylic acids is 1. The Kier molecular flexibility index (Phi) is 5.12. The van der Waals surface area contributed by atoms with Crippen LogP contribution in [-0.4, -0.2) is 37.2 Å². The normalized spacial score (nSPS) is 11.8. The largest absolute Gasteiger partial charge is 0.381 e. The second-order valence-electron chi connectivity index (χ2n) is 4.95. The van der Waals surface area contributed by atoms with Gasteiger partial charge in [0.05, 0.1) is 12.2 Å². The molecule has 1 heterocycles. The van der Waals surface area contributed by atoms with Gasteiger partial charge < -0.3 is 11.1 Å². The Morgan fingerprint density at radius 1 is 1.45 bits per heavy atom. The van der Waals surface area contributed by atoms with Crippen molar-refractivity contribution in [1.82, 2.24) is 19.8 Å². The van der Waals surface area contributed by atoms with Crippen molar-refractivity contribution in [3.8, 4) is 0 Å². The number of carbonyl (C=O) groups is 1. The summed E-state index contributed by atoms with van der Waals surface area (Å²) in [5.74, 6) is -0.172. The summed E-state index contributed by atoms with van der Waals surface area (Å²) in [5, 5.41) is 6.46. The molecule has 0 aromatic carbocycles. The molecule has 0 spiro atoms. The van der Waals surface area contributed by atoms with E-state index in [0.717, 1.165) is 0 Å². The number of sulfonamides is 1. The van der Waals surface area contributed by atoms with Crippen LogP contribution in [0.5, 0.6) is 0 Å². The minimum Gasteiger partial charge on any atom is -0.381 e. The first kappa shape index (κ1) is 16.4. The monoisotopic (exact) mass is 303 g/mol. The SMILES string of the molecule is Cc1c(S(=O)(=O)NCC(=O)NCC(C)C)c(N)nn1C. The summed E-state index contributed by atoms with van der Waals surface area (Å²) in [6, 6.07) is 0. The zero-order valence-corrected chi connectivity index (χ0v) is 12.9. The van der Waals surface area contributed by atoms with Crippen molar-refractivity contribution in [1.29, 1.82) is 0 Å². The Labute approximate surface area is 118 Å². The summed E-state index contributed by atoms with van der Waals surface area (Å²) in [4.78, 5) is 11.4. The van der Waals surface area contributed by atoms with Gasteiger partial charge in [-0.1, -0.05) is 13.8 Å². The number of anilines is 1. The van der Waals surface area contributed by atoms with E-state index in [1.54, 1.807) is 14.0 Å². The van der Waals surface area contributed by atoms with Crippen LogP contribution in [0.1, 0.15) is 19.5 Å². The molecular formula is C11H21N5O3S. The van der Waals surface area contributed by atoms with Gasteiger partial charge in [0.2, 0.25) is 15.9 Å². The first-order valence-electron chi connectivity index (χ1n) is 6.20. The Bertz CT molecular complexity index is 591. The lowest BCUT2D eigenvalue weighted by molar-refractivity contribution is -0.120. The number of rotatable bonds is 6. The molecule has 0 fully saturated rings. The third-order valence-electron chi connectivity index (χ3n) is 2.70. The molecule has 0 bridgehead atoms. The average molecular weight is 303 g/mol. The Hall–Kier alpha value is -1.61. The number of hydrogen-bond acceptors (Lipinski definition) is 5. The molecule has 4 N–H and O–H groups in total. The summed E-state index contributed by atoms with van der Waals surface area (Å²) >= 11 is 0. The topological polar surface area (TPSA) is 119 Å². The van der Waals surface area contributed by atoms with Crippen molar-refractivity contribution in [2.45, 2.75) is 25.7 Å². The summed E-state index contributed by atoms with van der Waals surface area (Å²) in [6.45, 7) is 5.66. The quantitative estimate of drug-likeness (QED) is 0.646. The van der Waals surface area contributed by atoms with Crippen LogP contribution in [0.25, 0.3) is 0 Å². The first-order valence-corrected chi connectivity index (χ1v) is 7.69. The molecule has 20 heavy (non-hydrogen) atoms. The summed E-state index contributed by atoms with van der Waals surface area (Å²) in [5.41, 5.74) is 6.00. The first-order chi connectivity index (χ1) is 9.15. The second kappa shape index (κ2) is 6.23. The molecule has 0 aliphatic carbocycles. The molecule has 0 aliphatic rings. The van der Waals surface area contributed by atoms with Gasteiger partial charge in [-0.05, 0) is 12.8 Å². The minimum absolute atomic E-state index is 0.0833. The van der Waals surface area contributed by atoms with E-state index in [0.29, 0.717) is 18.2 Å². The van der Waals surface area contributed by atoms with Gasteiger partial charge in [0.15, 0.2) is 5.82 Å². The third kappa shape index (κ3) is 3.94. The van der Waals surface area contributed by atoms with Crippen molar-refractivity contribution >= 4 is 21.7 Å². The number of nitrogen functional groups attached to an aromatic ring is 1. The zero-order chi connectivity index (χ0) is 15.5. The van der Waals surface area contributed by atoms with E-state index in [-0.39, 0.29) is 23.2 Å². The van der Waals surface area contributed by atoms with Crippen LogP contribution in [0.15, 0.2) is 4.90 Å². The zero-order valence-electron chi connectivity index (χ0n) is 12.1. The molecule has 1 aromatic heterocycles. The van der Waals surface area contributed by atoms with E-state index in [1.165, 1.54) is 4.68 Å². The maximum atomic E-state index is 12.1. The highest BCUT2D eigenvalue weighted by Gasteiger charge is 2.24. The molecule has 0 saturated carbocycles. The smallest absolute Gasteiger partial charge is 0.246 e. The summed E-state index contributed by atoms with van der Waals surface area (Å²) in [6.07, 6.45) is 0. The molecule has 9 heteroatoms. The lowest BCUT2D eigenvalue weighted by Crippen LogP contribution is -2.38. The lowest BCUT2D eigenvalue weighted by Gasteiger charge is -2.09. The molecule has 1 aromatic rings. The number of nitrogens with one attached hydrogen (secondary N) is 2. The summed E-state index contributed by atoms with van der Waals surface area (Å²) < 4.78 is 27.8. The van der Waals surface area contributed by atoms with Gasteiger partial charge in [-0.3, -0.25) is 9.48 Å². The van der Waals surface area contributed by atoms with Crippen molar-refractivity contribution in [2.75, 3.05) is 18.8 Å². The van der Waals surface area contributed by atoms with E-state index in [2.05, 4.69) is 15.1 Å². The van der Waals surface area contributed by atoms with Crippen molar-refractivity contribution in [3.05, 3.63) is 5.69 Å². The van der Waals surface area contributed by atoms with E-state index in [1.807, 2.05) is 13.8 Å². The predicted octanol–water partition coefficient (Wildman–Crippen LogP) is -0.639. The predicted molar refractivity (Wildman–Crippen MR) is 75.4 cm³/mol. The third-order valence-corrected chi connectivity index (χ3v) is 4.27. The van der Waals surface area contributed by atoms with Gasteiger partial charge in [0, 0.05) is 13.6 Å². The molecule has 1 rings (SSSR count). The fourth-order valence-corrected chi connectivity index (χ4v) is 2.86. The fraction of sp³-hybridized carbons (Fsp3) is 0.636. The molecular weight excluding hydrogens is 282 g/mol. The van der Waals surface area contributed by atoms with Crippen LogP contribution >= 0.6 is 0 Å². The number of amides is 1. The number of hydrogen-bond donors (Lipinski definition) is 3. The number of nitrogens with two attached hydrogens (primary N) is 1. The number of nitrogens with zero attached hydrogens (tertiary/aromatic N) is 2. The average Bonchev–Trinajstić information content (AvgIpc) is 2.58. The highest BCUT2D eigenvalue weighted by molar-refractivity contribution is 7.89. The van der Waals surface area contributed by atoms with Gasteiger partial charge in [-0.2, -0.15) is 5.10 Å². The molecule has 0 atom stereocenters. The van der Waals surface area contributed by atoms with Crippen LogP contribution in [0, 0.1) is 12.8 Å². The molecule has 1 amide bonds. The lowest BCUT2D eigenvalue weighted by atomic mass is 10.2. The van der Waals surface area contributed by atoms with Gasteiger partial charge in [-0.15, -0.1) is 0 Å². The van der Waals surface area contributed by atoms with Crippen LogP contribution in [0.2, 0.25) is 0 Å². The van der Waals surface area contributed by atoms with Gasteiger partial charge in [-0.25, -0.2) is 13.1 Å². The van der Waals surface area contributed by atoms with Gasteiger partial charge in [0.1, 0.15) is 4.90 Å². The highest BCUT2D eigenvalue weighted by atomic mass is 32.2. The van der Waals surface area contributed by atoms with Crippen LogP contribution in [-0.2, 0) is 21.9 Å². The van der Waals surface area contributed by atoms with E-state index in [4.69, 9.17) is 5.73 Å². The maximum Gasteiger partial charge on any atom is 0.246 e. The minimum atomic E-state index is -3.85. The van der Waals surface area contributed by atoms with E-state index in [9.17, 15) is 13.2 Å². The van der Waals surface area contributed by atoms with Crippen molar-refractivity contribution in [2.24, 2.45) is 13.0 Å². The molecule has 0 aliphatic heterocycles. The molecule has 8 nitrogen and oxygen atoms in total. The molecule has 0 radical (unpaired) electrons. The fourth-order valence-electron chi connectivity index (χ4n) is 1.56. The van der Waals surface area contributed by atoms with Crippen molar-refractivity contribution < 1.29 is 13.2 Å². The second-order valence-corrected chi connectivity index (χ2v) is 6.65. The standard InChI is InChI=1S/C11H21N5O3S/c1-7(2)5-13-9(17)6-14-20(18,19)10-8(3)16(4)15-11(10)12/h7,14H,5-6H2,1-4H3,(H2,12,15)(H,13,17). The van der Waals surface area contributed by atoms with Gasteiger partial charge in [0.25, 0.3) is 0 Å². The van der Waals surface area contributed by atoms with E-state index < -0.39 is 10.0 Å². The van der Waals surface area contributed by atoms with Crippen LogP contribution in [0.4, 0.5) is 5.82 Å². The van der Waals surface area contributed by atoms with Crippen LogP contribution in [0.3, 0.4) is 0 Å². The molecule has 114 valence electrons. The van der Waals surface area contributed by atoms with Crippen molar-refractivity contribution in [3.63, 3.8) is 0 Å². The van der Waals surface area contributed by atoms with E-state index >= 15 is 0 Å². The molecule has 0 saturated heterocycles. The number of aromatic nitrogens is 2. The van der Waals surface area contributed by atoms with Gasteiger partial charge >= 0.3 is 0 Å². The summed E-state index contributed by atoms with van der Waals surface area (Å²) in [7, 11) is -2.26. The Balaban J connectivity index is 2.74.